The number of rotatable bonds is 2. The van der Waals surface area contributed by atoms with E-state index in [1.54, 1.807) is 42.3 Å². The zero-order chi connectivity index (χ0) is 12.4. The molecule has 0 fully saturated rings. The van der Waals surface area contributed by atoms with Crippen LogP contribution in [0, 0.1) is 0 Å². The van der Waals surface area contributed by atoms with Crippen LogP contribution in [0.5, 0.6) is 0 Å². The van der Waals surface area contributed by atoms with Crippen molar-refractivity contribution in [3.8, 4) is 0 Å². The molecule has 0 radical (unpaired) electrons. The Labute approximate surface area is 112 Å². The lowest BCUT2D eigenvalue weighted by Crippen LogP contribution is -2.11. The van der Waals surface area contributed by atoms with Gasteiger partial charge in [0.05, 0.1) is 16.9 Å². The van der Waals surface area contributed by atoms with Gasteiger partial charge in [-0.3, -0.25) is 9.48 Å². The van der Waals surface area contributed by atoms with Gasteiger partial charge in [0, 0.05) is 23.3 Å². The summed E-state index contributed by atoms with van der Waals surface area (Å²) in [6.45, 7) is 0. The first-order valence-corrected chi connectivity index (χ1v) is 5.98. The lowest BCUT2D eigenvalue weighted by Gasteiger charge is -2.03. The molecule has 1 heterocycles. The Bertz CT molecular complexity index is 568. The highest BCUT2D eigenvalue weighted by Gasteiger charge is 2.08. The summed E-state index contributed by atoms with van der Waals surface area (Å²) in [6.07, 6.45) is 3.30. The molecule has 4 nitrogen and oxygen atoms in total. The summed E-state index contributed by atoms with van der Waals surface area (Å²) in [7, 11) is 1.78. The Kier molecular flexibility index (Phi) is 3.49. The van der Waals surface area contributed by atoms with Gasteiger partial charge in [-0.15, -0.1) is 0 Å². The van der Waals surface area contributed by atoms with Crippen LogP contribution in [0.15, 0.2) is 35.1 Å². The van der Waals surface area contributed by atoms with Crippen molar-refractivity contribution in [3.63, 3.8) is 0 Å². The van der Waals surface area contributed by atoms with Crippen LogP contribution in [0.2, 0.25) is 5.02 Å². The number of carbonyl (C=O) groups excluding carboxylic acids is 1. The fourth-order valence-electron chi connectivity index (χ4n) is 1.33. The second kappa shape index (κ2) is 4.89. The molecular weight excluding hydrogens is 305 g/mol. The van der Waals surface area contributed by atoms with Crippen LogP contribution in [-0.4, -0.2) is 15.7 Å². The minimum Gasteiger partial charge on any atom is -0.319 e. The van der Waals surface area contributed by atoms with Crippen molar-refractivity contribution < 1.29 is 4.79 Å². The van der Waals surface area contributed by atoms with Gasteiger partial charge in [-0.2, -0.15) is 5.10 Å². The monoisotopic (exact) mass is 313 g/mol. The van der Waals surface area contributed by atoms with E-state index in [9.17, 15) is 4.79 Å². The molecule has 1 amide bonds. The SMILES string of the molecule is Cn1cc(NC(=O)c2ccc(Br)c(Cl)c2)cn1. The lowest BCUT2D eigenvalue weighted by molar-refractivity contribution is 0.102. The average molecular weight is 315 g/mol. The number of nitrogens with one attached hydrogen (secondary N) is 1. The molecule has 17 heavy (non-hydrogen) atoms. The van der Waals surface area contributed by atoms with Gasteiger partial charge in [0.2, 0.25) is 0 Å². The number of aromatic nitrogens is 2. The molecule has 0 aliphatic carbocycles. The largest absolute Gasteiger partial charge is 0.319 e. The Balaban J connectivity index is 2.17. The molecule has 6 heteroatoms. The number of carbonyl (C=O) groups is 1. The smallest absolute Gasteiger partial charge is 0.255 e. The van der Waals surface area contributed by atoms with Crippen LogP contribution in [0.25, 0.3) is 0 Å². The quantitative estimate of drug-likeness (QED) is 0.926. The van der Waals surface area contributed by atoms with E-state index in [0.29, 0.717) is 16.3 Å². The van der Waals surface area contributed by atoms with E-state index in [2.05, 4.69) is 26.3 Å². The van der Waals surface area contributed by atoms with Gasteiger partial charge in [0.1, 0.15) is 0 Å². The first-order valence-electron chi connectivity index (χ1n) is 4.81. The minimum atomic E-state index is -0.215. The van der Waals surface area contributed by atoms with Crippen LogP contribution in [0.4, 0.5) is 5.69 Å². The van der Waals surface area contributed by atoms with Crippen LogP contribution < -0.4 is 5.32 Å². The topological polar surface area (TPSA) is 46.9 Å². The van der Waals surface area contributed by atoms with Gasteiger partial charge in [0.15, 0.2) is 0 Å². The third kappa shape index (κ3) is 2.87. The number of amides is 1. The van der Waals surface area contributed by atoms with E-state index in [1.165, 1.54) is 0 Å². The summed E-state index contributed by atoms with van der Waals surface area (Å²) >= 11 is 9.19. The number of anilines is 1. The molecule has 2 aromatic rings. The molecule has 2 rings (SSSR count). The zero-order valence-electron chi connectivity index (χ0n) is 8.95. The van der Waals surface area contributed by atoms with Crippen molar-refractivity contribution in [3.05, 3.63) is 45.7 Å². The molecule has 0 atom stereocenters. The molecule has 0 aliphatic rings. The fraction of sp³-hybridized carbons (Fsp3) is 0.0909. The normalized spacial score (nSPS) is 10.3. The molecule has 1 aromatic carbocycles. The van der Waals surface area contributed by atoms with Gasteiger partial charge in [-0.25, -0.2) is 0 Å². The van der Waals surface area contributed by atoms with Crippen LogP contribution in [0.3, 0.4) is 0 Å². The average Bonchev–Trinajstić information content (AvgIpc) is 2.68. The summed E-state index contributed by atoms with van der Waals surface area (Å²) in [6, 6.07) is 5.04. The van der Waals surface area contributed by atoms with E-state index in [-0.39, 0.29) is 5.91 Å². The highest BCUT2D eigenvalue weighted by atomic mass is 79.9. The van der Waals surface area contributed by atoms with Gasteiger partial charge in [-0.05, 0) is 34.1 Å². The molecule has 0 unspecified atom stereocenters. The van der Waals surface area contributed by atoms with E-state index in [4.69, 9.17) is 11.6 Å². The van der Waals surface area contributed by atoms with Crippen molar-refractivity contribution in [1.29, 1.82) is 0 Å². The molecule has 1 aromatic heterocycles. The van der Waals surface area contributed by atoms with Crippen LogP contribution in [-0.2, 0) is 7.05 Å². The summed E-state index contributed by atoms with van der Waals surface area (Å²) in [5.74, 6) is -0.215. The third-order valence-electron chi connectivity index (χ3n) is 2.14. The molecule has 1 N–H and O–H groups in total. The van der Waals surface area contributed by atoms with Gasteiger partial charge >= 0.3 is 0 Å². The number of hydrogen-bond donors (Lipinski definition) is 1. The van der Waals surface area contributed by atoms with Gasteiger partial charge < -0.3 is 5.32 Å². The van der Waals surface area contributed by atoms with Crippen LogP contribution >= 0.6 is 27.5 Å². The standard InChI is InChI=1S/C11H9BrClN3O/c1-16-6-8(5-14-16)15-11(17)7-2-3-9(12)10(13)4-7/h2-6H,1H3,(H,15,17). The Hall–Kier alpha value is -1.33. The van der Waals surface area contributed by atoms with E-state index >= 15 is 0 Å². The number of nitrogens with zero attached hydrogens (tertiary/aromatic N) is 2. The van der Waals surface area contributed by atoms with Gasteiger partial charge in [0.25, 0.3) is 5.91 Å². The molecule has 0 bridgehead atoms. The van der Waals surface area contributed by atoms with Crippen molar-refractivity contribution in [2.75, 3.05) is 5.32 Å². The first kappa shape index (κ1) is 12.1. The van der Waals surface area contributed by atoms with Crippen molar-refractivity contribution in [2.45, 2.75) is 0 Å². The summed E-state index contributed by atoms with van der Waals surface area (Å²) in [5.41, 5.74) is 1.15. The highest BCUT2D eigenvalue weighted by Crippen LogP contribution is 2.23. The predicted octanol–water partition coefficient (Wildman–Crippen LogP) is 3.09. The second-order valence-corrected chi connectivity index (χ2v) is 4.75. The number of benzene rings is 1. The Morgan fingerprint density at radius 2 is 2.29 bits per heavy atom. The molecule has 0 saturated carbocycles. The summed E-state index contributed by atoms with van der Waals surface area (Å²) < 4.78 is 2.38. The predicted molar refractivity (Wildman–Crippen MR) is 70.3 cm³/mol. The maximum absolute atomic E-state index is 11.9. The number of hydrogen-bond acceptors (Lipinski definition) is 2. The molecule has 0 spiro atoms. The van der Waals surface area contributed by atoms with E-state index in [0.717, 1.165) is 4.47 Å². The number of aryl methyl sites for hydroxylation is 1. The zero-order valence-corrected chi connectivity index (χ0v) is 11.3. The Morgan fingerprint density at radius 3 is 2.88 bits per heavy atom. The molecule has 0 aliphatic heterocycles. The molecular formula is C11H9BrClN3O. The molecule has 88 valence electrons. The second-order valence-electron chi connectivity index (χ2n) is 3.49. The van der Waals surface area contributed by atoms with Crippen molar-refractivity contribution in [2.24, 2.45) is 7.05 Å². The van der Waals surface area contributed by atoms with Crippen molar-refractivity contribution >= 4 is 39.1 Å². The first-order chi connectivity index (χ1) is 8.06. The maximum Gasteiger partial charge on any atom is 0.255 e. The minimum absolute atomic E-state index is 0.215. The van der Waals surface area contributed by atoms with E-state index in [1.807, 2.05) is 0 Å². The Morgan fingerprint density at radius 1 is 1.53 bits per heavy atom. The lowest BCUT2D eigenvalue weighted by atomic mass is 10.2. The van der Waals surface area contributed by atoms with Gasteiger partial charge in [-0.1, -0.05) is 11.6 Å². The highest BCUT2D eigenvalue weighted by molar-refractivity contribution is 9.10. The fourth-order valence-corrected chi connectivity index (χ4v) is 1.75. The summed E-state index contributed by atoms with van der Waals surface area (Å²) in [5, 5.41) is 7.20. The summed E-state index contributed by atoms with van der Waals surface area (Å²) in [4.78, 5) is 11.9. The van der Waals surface area contributed by atoms with Crippen molar-refractivity contribution in [1.82, 2.24) is 9.78 Å². The third-order valence-corrected chi connectivity index (χ3v) is 3.38. The maximum atomic E-state index is 11.9. The number of halogens is 2. The van der Waals surface area contributed by atoms with E-state index < -0.39 is 0 Å². The van der Waals surface area contributed by atoms with Crippen LogP contribution in [0.1, 0.15) is 10.4 Å². The molecule has 0 saturated heterocycles.